The van der Waals surface area contributed by atoms with E-state index in [2.05, 4.69) is 67.8 Å². The molecule has 0 radical (unpaired) electrons. The Morgan fingerprint density at radius 2 is 1.53 bits per heavy atom. The van der Waals surface area contributed by atoms with E-state index in [0.29, 0.717) is 5.92 Å². The van der Waals surface area contributed by atoms with Crippen LogP contribution in [0, 0.1) is 13.8 Å². The van der Waals surface area contributed by atoms with E-state index in [9.17, 15) is 0 Å². The number of aromatic nitrogens is 1. The Hall–Kier alpha value is -1.50. The van der Waals surface area contributed by atoms with Crippen molar-refractivity contribution in [3.05, 3.63) is 59.4 Å². The molecule has 1 aromatic carbocycles. The van der Waals surface area contributed by atoms with Crippen molar-refractivity contribution in [2.24, 2.45) is 0 Å². The molecule has 0 amide bonds. The van der Waals surface area contributed by atoms with Crippen molar-refractivity contribution in [2.75, 3.05) is 0 Å². The van der Waals surface area contributed by atoms with Gasteiger partial charge in [-0.1, -0.05) is 37.3 Å². The quantitative estimate of drug-likeness (QED) is 0.734. The molecule has 1 heteroatoms. The largest absolute Gasteiger partial charge is 0.349 e. The van der Waals surface area contributed by atoms with E-state index in [1.807, 2.05) is 0 Å². The maximum atomic E-state index is 2.40. The third kappa shape index (κ3) is 2.79. The van der Waals surface area contributed by atoms with Crippen molar-refractivity contribution in [3.8, 4) is 0 Å². The lowest BCUT2D eigenvalue weighted by Gasteiger charge is -2.14. The third-order valence-electron chi connectivity index (χ3n) is 3.57. The molecule has 1 unspecified atom stereocenters. The van der Waals surface area contributed by atoms with Gasteiger partial charge in [-0.15, -0.1) is 0 Å². The van der Waals surface area contributed by atoms with Gasteiger partial charge in [-0.3, -0.25) is 0 Å². The van der Waals surface area contributed by atoms with E-state index in [4.69, 9.17) is 0 Å². The first-order valence-corrected chi connectivity index (χ1v) is 6.36. The Bertz CT molecular complexity index is 448. The molecular formula is C16H21N. The van der Waals surface area contributed by atoms with Crippen LogP contribution in [0.3, 0.4) is 0 Å². The highest BCUT2D eigenvalue weighted by atomic mass is 15.0. The molecule has 0 fully saturated rings. The summed E-state index contributed by atoms with van der Waals surface area (Å²) >= 11 is 0. The third-order valence-corrected chi connectivity index (χ3v) is 3.57. The molecule has 1 atom stereocenters. The van der Waals surface area contributed by atoms with E-state index in [1.54, 1.807) is 0 Å². The van der Waals surface area contributed by atoms with Gasteiger partial charge < -0.3 is 4.57 Å². The molecule has 0 saturated heterocycles. The van der Waals surface area contributed by atoms with E-state index < -0.39 is 0 Å². The Labute approximate surface area is 104 Å². The molecule has 0 bridgehead atoms. The highest BCUT2D eigenvalue weighted by Crippen LogP contribution is 2.20. The number of benzene rings is 1. The van der Waals surface area contributed by atoms with Gasteiger partial charge in [0, 0.05) is 17.9 Å². The topological polar surface area (TPSA) is 4.93 Å². The first-order chi connectivity index (χ1) is 8.18. The molecule has 0 N–H and O–H groups in total. The summed E-state index contributed by atoms with van der Waals surface area (Å²) in [5.41, 5.74) is 4.17. The van der Waals surface area contributed by atoms with Crippen LogP contribution in [-0.4, -0.2) is 4.57 Å². The summed E-state index contributed by atoms with van der Waals surface area (Å²) in [6, 6.07) is 15.2. The van der Waals surface area contributed by atoms with Crippen LogP contribution in [0.25, 0.3) is 0 Å². The monoisotopic (exact) mass is 227 g/mol. The zero-order chi connectivity index (χ0) is 12.3. The van der Waals surface area contributed by atoms with Crippen molar-refractivity contribution in [1.82, 2.24) is 4.57 Å². The zero-order valence-corrected chi connectivity index (χ0v) is 11.0. The zero-order valence-electron chi connectivity index (χ0n) is 11.0. The van der Waals surface area contributed by atoms with Gasteiger partial charge in [0.25, 0.3) is 0 Å². The summed E-state index contributed by atoms with van der Waals surface area (Å²) in [4.78, 5) is 0. The van der Waals surface area contributed by atoms with Gasteiger partial charge in [0.05, 0.1) is 0 Å². The maximum Gasteiger partial charge on any atom is 0.0230 e. The van der Waals surface area contributed by atoms with Crippen LogP contribution < -0.4 is 0 Å². The smallest absolute Gasteiger partial charge is 0.0230 e. The van der Waals surface area contributed by atoms with Crippen LogP contribution >= 0.6 is 0 Å². The van der Waals surface area contributed by atoms with Gasteiger partial charge in [0.15, 0.2) is 0 Å². The Balaban J connectivity index is 1.99. The minimum Gasteiger partial charge on any atom is -0.349 e. The lowest BCUT2D eigenvalue weighted by molar-refractivity contribution is 0.561. The summed E-state index contributed by atoms with van der Waals surface area (Å²) in [6.45, 7) is 7.78. The number of rotatable bonds is 4. The van der Waals surface area contributed by atoms with Crippen LogP contribution in [0.2, 0.25) is 0 Å². The highest BCUT2D eigenvalue weighted by Gasteiger charge is 2.07. The van der Waals surface area contributed by atoms with E-state index in [1.165, 1.54) is 23.4 Å². The SMILES string of the molecule is Cc1ccc(C)n1CCC(C)c1ccccc1. The van der Waals surface area contributed by atoms with Gasteiger partial charge in [0.1, 0.15) is 0 Å². The van der Waals surface area contributed by atoms with Crippen LogP contribution in [0.4, 0.5) is 0 Å². The van der Waals surface area contributed by atoms with Crippen LogP contribution in [0.1, 0.15) is 36.2 Å². The Morgan fingerprint density at radius 1 is 0.941 bits per heavy atom. The predicted molar refractivity (Wildman–Crippen MR) is 73.4 cm³/mol. The van der Waals surface area contributed by atoms with Gasteiger partial charge in [0.2, 0.25) is 0 Å². The molecule has 0 spiro atoms. The van der Waals surface area contributed by atoms with Crippen molar-refractivity contribution >= 4 is 0 Å². The van der Waals surface area contributed by atoms with Gasteiger partial charge >= 0.3 is 0 Å². The van der Waals surface area contributed by atoms with Crippen LogP contribution in [0.5, 0.6) is 0 Å². The fourth-order valence-electron chi connectivity index (χ4n) is 2.32. The molecule has 17 heavy (non-hydrogen) atoms. The van der Waals surface area contributed by atoms with Gasteiger partial charge in [-0.2, -0.15) is 0 Å². The molecule has 0 aliphatic rings. The minimum atomic E-state index is 0.623. The summed E-state index contributed by atoms with van der Waals surface area (Å²) in [5.74, 6) is 0.623. The van der Waals surface area contributed by atoms with Gasteiger partial charge in [-0.05, 0) is 43.9 Å². The average molecular weight is 227 g/mol. The number of hydrogen-bond donors (Lipinski definition) is 0. The molecule has 1 nitrogen and oxygen atoms in total. The first-order valence-electron chi connectivity index (χ1n) is 6.36. The second-order valence-corrected chi connectivity index (χ2v) is 4.87. The molecule has 0 saturated carbocycles. The fraction of sp³-hybridized carbons (Fsp3) is 0.375. The summed E-state index contributed by atoms with van der Waals surface area (Å²) in [7, 11) is 0. The van der Waals surface area contributed by atoms with Gasteiger partial charge in [-0.25, -0.2) is 0 Å². The van der Waals surface area contributed by atoms with E-state index >= 15 is 0 Å². The average Bonchev–Trinajstić information content (AvgIpc) is 2.67. The standard InChI is InChI=1S/C16H21N/c1-13(16-7-5-4-6-8-16)11-12-17-14(2)9-10-15(17)3/h4-10,13H,11-12H2,1-3H3. The molecule has 1 aromatic heterocycles. The normalized spacial score (nSPS) is 12.6. The number of hydrogen-bond acceptors (Lipinski definition) is 0. The molecule has 90 valence electrons. The Morgan fingerprint density at radius 3 is 2.12 bits per heavy atom. The lowest BCUT2D eigenvalue weighted by atomic mass is 9.98. The highest BCUT2D eigenvalue weighted by molar-refractivity contribution is 5.19. The van der Waals surface area contributed by atoms with Crippen molar-refractivity contribution in [1.29, 1.82) is 0 Å². The maximum absolute atomic E-state index is 2.40. The fourth-order valence-corrected chi connectivity index (χ4v) is 2.32. The second kappa shape index (κ2) is 5.22. The number of aryl methyl sites for hydroxylation is 2. The van der Waals surface area contributed by atoms with Crippen LogP contribution in [0.15, 0.2) is 42.5 Å². The van der Waals surface area contributed by atoms with E-state index in [-0.39, 0.29) is 0 Å². The molecule has 0 aliphatic carbocycles. The van der Waals surface area contributed by atoms with Crippen molar-refractivity contribution in [2.45, 2.75) is 39.7 Å². The molecule has 2 aromatic rings. The Kier molecular flexibility index (Phi) is 3.68. The molecular weight excluding hydrogens is 206 g/mol. The van der Waals surface area contributed by atoms with Crippen molar-refractivity contribution in [3.63, 3.8) is 0 Å². The molecule has 1 heterocycles. The van der Waals surface area contributed by atoms with Crippen molar-refractivity contribution < 1.29 is 0 Å². The summed E-state index contributed by atoms with van der Waals surface area (Å²) < 4.78 is 2.40. The lowest BCUT2D eigenvalue weighted by Crippen LogP contribution is -2.05. The van der Waals surface area contributed by atoms with E-state index in [0.717, 1.165) is 6.54 Å². The molecule has 0 aliphatic heterocycles. The summed E-state index contributed by atoms with van der Waals surface area (Å²) in [6.07, 6.45) is 1.19. The van der Waals surface area contributed by atoms with Crippen LogP contribution in [-0.2, 0) is 6.54 Å². The first kappa shape index (κ1) is 12.0. The predicted octanol–water partition coefficient (Wildman–Crippen LogP) is 4.30. The number of nitrogens with zero attached hydrogens (tertiary/aromatic N) is 1. The minimum absolute atomic E-state index is 0.623. The summed E-state index contributed by atoms with van der Waals surface area (Å²) in [5, 5.41) is 0. The molecule has 2 rings (SSSR count). The second-order valence-electron chi connectivity index (χ2n) is 4.87.